The summed E-state index contributed by atoms with van der Waals surface area (Å²) in [6, 6.07) is 2.83. The van der Waals surface area contributed by atoms with Crippen LogP contribution in [-0.4, -0.2) is 36.4 Å². The van der Waals surface area contributed by atoms with Crippen LogP contribution in [0.2, 0.25) is 0 Å². The molecule has 1 fully saturated rings. The summed E-state index contributed by atoms with van der Waals surface area (Å²) in [5, 5.41) is 3.03. The molecule has 2 aliphatic rings. The number of sulfone groups is 1. The van der Waals surface area contributed by atoms with Crippen molar-refractivity contribution in [2.24, 2.45) is 4.99 Å². The zero-order valence-electron chi connectivity index (χ0n) is 9.64. The molecule has 0 aromatic heterocycles. The molecule has 102 valence electrons. The molecule has 0 radical (unpaired) electrons. The van der Waals surface area contributed by atoms with E-state index in [1.165, 1.54) is 11.8 Å². The Morgan fingerprint density at radius 3 is 2.84 bits per heavy atom. The van der Waals surface area contributed by atoms with Crippen LogP contribution < -0.4 is 5.32 Å². The largest absolute Gasteiger partial charge is 0.332 e. The Balaban J connectivity index is 1.78. The van der Waals surface area contributed by atoms with Crippen molar-refractivity contribution in [1.82, 2.24) is 0 Å². The van der Waals surface area contributed by atoms with Crippen molar-refractivity contribution in [2.75, 3.05) is 16.8 Å². The number of benzene rings is 1. The van der Waals surface area contributed by atoms with Crippen molar-refractivity contribution in [3.63, 3.8) is 0 Å². The highest BCUT2D eigenvalue weighted by Gasteiger charge is 2.42. The number of nitrogens with zero attached hydrogens (tertiary/aromatic N) is 1. The lowest BCUT2D eigenvalue weighted by Crippen LogP contribution is -2.13. The summed E-state index contributed by atoms with van der Waals surface area (Å²) >= 11 is 1.26. The number of anilines is 1. The fourth-order valence-electron chi connectivity index (χ4n) is 2.12. The smallest absolute Gasteiger partial charge is 0.161 e. The van der Waals surface area contributed by atoms with E-state index in [1.807, 2.05) is 0 Å². The Bertz CT molecular complexity index is 661. The topological polar surface area (TPSA) is 58.5 Å². The predicted molar refractivity (Wildman–Crippen MR) is 71.2 cm³/mol. The van der Waals surface area contributed by atoms with Gasteiger partial charge in [0.25, 0.3) is 0 Å². The van der Waals surface area contributed by atoms with Crippen LogP contribution >= 0.6 is 11.8 Å². The molecule has 8 heteroatoms. The molecule has 1 saturated heterocycles. The number of hydrogen-bond donors (Lipinski definition) is 1. The van der Waals surface area contributed by atoms with E-state index in [4.69, 9.17) is 0 Å². The van der Waals surface area contributed by atoms with Gasteiger partial charge in [-0.05, 0) is 12.1 Å². The second-order valence-corrected chi connectivity index (χ2v) is 7.87. The number of aliphatic imine (C=N–C) groups is 1. The standard InChI is InChI=1S/C11H10F2N2O2S2/c12-6-1-2-7(13)8(3-6)14-11-15-9-4-19(16,17)5-10(9)18-11/h1-3,9-10H,4-5H2,(H,14,15). The van der Waals surface area contributed by atoms with Crippen LogP contribution in [0.3, 0.4) is 0 Å². The van der Waals surface area contributed by atoms with E-state index in [2.05, 4.69) is 10.3 Å². The third kappa shape index (κ3) is 2.59. The van der Waals surface area contributed by atoms with Crippen molar-refractivity contribution < 1.29 is 17.2 Å². The van der Waals surface area contributed by atoms with Gasteiger partial charge in [0.2, 0.25) is 0 Å². The fourth-order valence-corrected chi connectivity index (χ4v) is 5.79. The lowest BCUT2D eigenvalue weighted by molar-refractivity contribution is 0.601. The first kappa shape index (κ1) is 12.9. The Morgan fingerprint density at radius 1 is 1.32 bits per heavy atom. The average molecular weight is 304 g/mol. The fraction of sp³-hybridized carbons (Fsp3) is 0.364. The Morgan fingerprint density at radius 2 is 2.11 bits per heavy atom. The van der Waals surface area contributed by atoms with Gasteiger partial charge in [0.15, 0.2) is 15.0 Å². The van der Waals surface area contributed by atoms with Crippen molar-refractivity contribution in [3.05, 3.63) is 29.8 Å². The second kappa shape index (κ2) is 4.45. The van der Waals surface area contributed by atoms with E-state index in [1.54, 1.807) is 0 Å². The molecule has 2 aliphatic heterocycles. The maximum absolute atomic E-state index is 13.4. The first-order valence-corrected chi connectivity index (χ1v) is 8.30. The van der Waals surface area contributed by atoms with Crippen LogP contribution in [0.1, 0.15) is 0 Å². The maximum Gasteiger partial charge on any atom is 0.161 e. The Hall–Kier alpha value is -1.15. The van der Waals surface area contributed by atoms with Crippen LogP contribution in [0.5, 0.6) is 0 Å². The normalized spacial score (nSPS) is 28.0. The summed E-state index contributed by atoms with van der Waals surface area (Å²) in [7, 11) is -3.01. The first-order valence-electron chi connectivity index (χ1n) is 5.60. The molecular formula is C11H10F2N2O2S2. The quantitative estimate of drug-likeness (QED) is 0.857. The van der Waals surface area contributed by atoms with Gasteiger partial charge in [0.1, 0.15) is 11.6 Å². The molecule has 2 unspecified atom stereocenters. The van der Waals surface area contributed by atoms with Gasteiger partial charge in [0, 0.05) is 11.3 Å². The number of hydrogen-bond acceptors (Lipinski definition) is 5. The molecule has 19 heavy (non-hydrogen) atoms. The van der Waals surface area contributed by atoms with Gasteiger partial charge in [-0.3, -0.25) is 4.99 Å². The van der Waals surface area contributed by atoms with E-state index >= 15 is 0 Å². The number of rotatable bonds is 1. The number of thioether (sulfide) groups is 1. The van der Waals surface area contributed by atoms with E-state index in [-0.39, 0.29) is 28.5 Å². The van der Waals surface area contributed by atoms with Crippen LogP contribution in [-0.2, 0) is 9.84 Å². The Labute approximate surface area is 113 Å². The number of halogens is 2. The molecule has 4 nitrogen and oxygen atoms in total. The molecule has 0 aliphatic carbocycles. The van der Waals surface area contributed by atoms with Crippen LogP contribution in [0.15, 0.2) is 23.2 Å². The first-order chi connectivity index (χ1) is 8.93. The minimum Gasteiger partial charge on any atom is -0.332 e. The third-order valence-corrected chi connectivity index (χ3v) is 6.13. The molecular weight excluding hydrogens is 294 g/mol. The molecule has 2 heterocycles. The molecule has 0 spiro atoms. The maximum atomic E-state index is 13.4. The summed E-state index contributed by atoms with van der Waals surface area (Å²) in [6.07, 6.45) is 0. The summed E-state index contributed by atoms with van der Waals surface area (Å²) in [5.41, 5.74) is 0.00841. The predicted octanol–water partition coefficient (Wildman–Crippen LogP) is 1.65. The number of amidine groups is 1. The van der Waals surface area contributed by atoms with Gasteiger partial charge < -0.3 is 5.32 Å². The summed E-state index contributed by atoms with van der Waals surface area (Å²) in [5.74, 6) is -1.01. The van der Waals surface area contributed by atoms with Gasteiger partial charge in [0.05, 0.1) is 23.2 Å². The van der Waals surface area contributed by atoms with Gasteiger partial charge in [-0.15, -0.1) is 0 Å². The monoisotopic (exact) mass is 304 g/mol. The zero-order valence-corrected chi connectivity index (χ0v) is 11.3. The van der Waals surface area contributed by atoms with E-state index in [0.717, 1.165) is 18.2 Å². The summed E-state index contributed by atoms with van der Waals surface area (Å²) in [6.45, 7) is 0. The zero-order chi connectivity index (χ0) is 13.6. The van der Waals surface area contributed by atoms with Gasteiger partial charge >= 0.3 is 0 Å². The van der Waals surface area contributed by atoms with Gasteiger partial charge in [-0.2, -0.15) is 0 Å². The minimum absolute atomic E-state index is 0.00841. The average Bonchev–Trinajstić information content (AvgIpc) is 2.76. The van der Waals surface area contributed by atoms with Crippen LogP contribution in [0.25, 0.3) is 0 Å². The molecule has 3 rings (SSSR count). The molecule has 2 atom stereocenters. The van der Waals surface area contributed by atoms with Gasteiger partial charge in [-0.25, -0.2) is 17.2 Å². The van der Waals surface area contributed by atoms with Crippen LogP contribution in [0.4, 0.5) is 14.5 Å². The van der Waals surface area contributed by atoms with Crippen molar-refractivity contribution in [2.45, 2.75) is 11.3 Å². The van der Waals surface area contributed by atoms with Gasteiger partial charge in [-0.1, -0.05) is 11.8 Å². The molecule has 0 amide bonds. The molecule has 0 saturated carbocycles. The highest BCUT2D eigenvalue weighted by atomic mass is 32.2. The van der Waals surface area contributed by atoms with Crippen LogP contribution in [0, 0.1) is 11.6 Å². The highest BCUT2D eigenvalue weighted by Crippen LogP contribution is 2.34. The Kier molecular flexibility index (Phi) is 3.01. The van der Waals surface area contributed by atoms with E-state index in [0.29, 0.717) is 5.17 Å². The van der Waals surface area contributed by atoms with Crippen molar-refractivity contribution in [3.8, 4) is 0 Å². The highest BCUT2D eigenvalue weighted by molar-refractivity contribution is 8.15. The summed E-state index contributed by atoms with van der Waals surface area (Å²) < 4.78 is 49.3. The van der Waals surface area contributed by atoms with Crippen molar-refractivity contribution in [1.29, 1.82) is 0 Å². The third-order valence-electron chi connectivity index (χ3n) is 2.99. The van der Waals surface area contributed by atoms with Crippen molar-refractivity contribution >= 4 is 32.5 Å². The van der Waals surface area contributed by atoms with E-state index in [9.17, 15) is 17.2 Å². The second-order valence-electron chi connectivity index (χ2n) is 4.48. The SMILES string of the molecule is O=S1(=O)CC2N=C(Nc3cc(F)ccc3F)SC2C1. The number of nitrogens with one attached hydrogen (secondary N) is 1. The molecule has 1 aromatic rings. The molecule has 0 bridgehead atoms. The molecule has 1 aromatic carbocycles. The lowest BCUT2D eigenvalue weighted by Gasteiger charge is -2.07. The lowest BCUT2D eigenvalue weighted by atomic mass is 10.3. The minimum atomic E-state index is -3.01. The molecule has 1 N–H and O–H groups in total. The summed E-state index contributed by atoms with van der Waals surface area (Å²) in [4.78, 5) is 4.21. The van der Waals surface area contributed by atoms with E-state index < -0.39 is 21.5 Å². The number of fused-ring (bicyclic) bond motifs is 1.